The lowest BCUT2D eigenvalue weighted by Crippen LogP contribution is -2.35. The van der Waals surface area contributed by atoms with Crippen molar-refractivity contribution in [1.29, 1.82) is 0 Å². The van der Waals surface area contributed by atoms with Gasteiger partial charge in [0.2, 0.25) is 0 Å². The zero-order valence-corrected chi connectivity index (χ0v) is 11.1. The summed E-state index contributed by atoms with van der Waals surface area (Å²) < 4.78 is 56.5. The fourth-order valence-corrected chi connectivity index (χ4v) is 2.38. The average molecular weight is 291 g/mol. The molecule has 2 rings (SSSR count). The third kappa shape index (κ3) is 3.62. The van der Waals surface area contributed by atoms with Gasteiger partial charge >= 0.3 is 6.18 Å². The van der Waals surface area contributed by atoms with E-state index in [2.05, 4.69) is 5.32 Å². The molecular formula is C14H17F4NO. The number of piperidine rings is 1. The van der Waals surface area contributed by atoms with Crippen LogP contribution in [0.5, 0.6) is 5.75 Å². The molecule has 1 aromatic carbocycles. The van der Waals surface area contributed by atoms with E-state index in [0.717, 1.165) is 38.1 Å². The maximum absolute atomic E-state index is 13.7. The number of rotatable bonds is 3. The van der Waals surface area contributed by atoms with Crippen LogP contribution in [0.3, 0.4) is 0 Å². The molecule has 1 aliphatic rings. The molecule has 6 heteroatoms. The van der Waals surface area contributed by atoms with E-state index in [1.165, 1.54) is 0 Å². The molecule has 1 atom stereocenters. The predicted octanol–water partition coefficient (Wildman–Crippen LogP) is 3.61. The highest BCUT2D eigenvalue weighted by Gasteiger charge is 2.31. The molecule has 1 aliphatic heterocycles. The second-order valence-electron chi connectivity index (χ2n) is 5.05. The lowest BCUT2D eigenvalue weighted by Gasteiger charge is -2.28. The monoisotopic (exact) mass is 291 g/mol. The highest BCUT2D eigenvalue weighted by atomic mass is 19.4. The molecule has 0 aliphatic carbocycles. The molecule has 0 amide bonds. The molecule has 20 heavy (non-hydrogen) atoms. The fraction of sp³-hybridized carbons (Fsp3) is 0.571. The summed E-state index contributed by atoms with van der Waals surface area (Å²) in [5.74, 6) is -0.803. The summed E-state index contributed by atoms with van der Waals surface area (Å²) in [5.41, 5.74) is -1.00. The van der Waals surface area contributed by atoms with Crippen LogP contribution >= 0.6 is 0 Å². The van der Waals surface area contributed by atoms with Crippen molar-refractivity contribution in [1.82, 2.24) is 5.32 Å². The third-order valence-electron chi connectivity index (χ3n) is 3.62. The van der Waals surface area contributed by atoms with E-state index < -0.39 is 17.6 Å². The van der Waals surface area contributed by atoms with Crippen LogP contribution in [0.1, 0.15) is 25.3 Å². The molecule has 1 N–H and O–H groups in total. The van der Waals surface area contributed by atoms with Crippen molar-refractivity contribution in [3.8, 4) is 5.75 Å². The van der Waals surface area contributed by atoms with Gasteiger partial charge in [-0.2, -0.15) is 13.2 Å². The minimum Gasteiger partial charge on any atom is -0.487 e. The minimum atomic E-state index is -4.54. The van der Waals surface area contributed by atoms with Gasteiger partial charge in [0.25, 0.3) is 0 Å². The molecule has 0 spiro atoms. The minimum absolute atomic E-state index is 0.121. The standard InChI is InChI=1S/C14H17F4NO/c1-9(10-4-6-19-7-5-10)20-13-3-2-11(8-12(13)15)14(16,17)18/h2-3,8-10,19H,4-7H2,1H3. The molecule has 0 aromatic heterocycles. The van der Waals surface area contributed by atoms with Crippen LogP contribution in [0.4, 0.5) is 17.6 Å². The highest BCUT2D eigenvalue weighted by Crippen LogP contribution is 2.32. The van der Waals surface area contributed by atoms with Crippen LogP contribution in [0.15, 0.2) is 18.2 Å². The molecule has 0 bridgehead atoms. The van der Waals surface area contributed by atoms with E-state index in [1.807, 2.05) is 6.92 Å². The Bertz CT molecular complexity index is 455. The lowest BCUT2D eigenvalue weighted by atomic mass is 9.93. The SMILES string of the molecule is CC(Oc1ccc(C(F)(F)F)cc1F)C1CCNCC1. The number of ether oxygens (including phenoxy) is 1. The van der Waals surface area contributed by atoms with Gasteiger partial charge in [-0.3, -0.25) is 0 Å². The van der Waals surface area contributed by atoms with Crippen molar-refractivity contribution in [2.75, 3.05) is 13.1 Å². The first-order valence-corrected chi connectivity index (χ1v) is 6.62. The van der Waals surface area contributed by atoms with Gasteiger partial charge in [0.15, 0.2) is 11.6 Å². The Morgan fingerprint density at radius 3 is 2.45 bits per heavy atom. The van der Waals surface area contributed by atoms with Gasteiger partial charge in [-0.15, -0.1) is 0 Å². The number of nitrogens with one attached hydrogen (secondary N) is 1. The fourth-order valence-electron chi connectivity index (χ4n) is 2.38. The molecule has 0 radical (unpaired) electrons. The molecule has 1 heterocycles. The zero-order valence-electron chi connectivity index (χ0n) is 11.1. The van der Waals surface area contributed by atoms with Gasteiger partial charge in [0, 0.05) is 0 Å². The van der Waals surface area contributed by atoms with E-state index in [9.17, 15) is 17.6 Å². The van der Waals surface area contributed by atoms with Crippen molar-refractivity contribution in [2.45, 2.75) is 32.0 Å². The van der Waals surface area contributed by atoms with Gasteiger partial charge in [-0.05, 0) is 57.0 Å². The largest absolute Gasteiger partial charge is 0.487 e. The smallest absolute Gasteiger partial charge is 0.416 e. The summed E-state index contributed by atoms with van der Waals surface area (Å²) in [4.78, 5) is 0. The molecule has 112 valence electrons. The van der Waals surface area contributed by atoms with E-state index in [4.69, 9.17) is 4.74 Å². The topological polar surface area (TPSA) is 21.3 Å². The van der Waals surface area contributed by atoms with Crippen molar-refractivity contribution in [2.24, 2.45) is 5.92 Å². The molecule has 1 aromatic rings. The lowest BCUT2D eigenvalue weighted by molar-refractivity contribution is -0.137. The summed E-state index contributed by atoms with van der Waals surface area (Å²) in [6.45, 7) is 3.59. The van der Waals surface area contributed by atoms with Crippen LogP contribution in [-0.2, 0) is 6.18 Å². The summed E-state index contributed by atoms with van der Waals surface area (Å²) in [5, 5.41) is 3.21. The Labute approximate surface area is 115 Å². The van der Waals surface area contributed by atoms with Gasteiger partial charge in [0.1, 0.15) is 0 Å². The quantitative estimate of drug-likeness (QED) is 0.859. The van der Waals surface area contributed by atoms with Crippen molar-refractivity contribution in [3.05, 3.63) is 29.6 Å². The van der Waals surface area contributed by atoms with E-state index in [0.29, 0.717) is 6.07 Å². The Kier molecular flexibility index (Phi) is 4.52. The summed E-state index contributed by atoms with van der Waals surface area (Å²) in [6.07, 6.45) is -2.92. The van der Waals surface area contributed by atoms with E-state index in [1.54, 1.807) is 0 Å². The molecule has 1 fully saturated rings. The first-order valence-electron chi connectivity index (χ1n) is 6.62. The molecule has 1 unspecified atom stereocenters. The van der Waals surface area contributed by atoms with Crippen LogP contribution < -0.4 is 10.1 Å². The third-order valence-corrected chi connectivity index (χ3v) is 3.62. The number of benzene rings is 1. The second-order valence-corrected chi connectivity index (χ2v) is 5.05. The van der Waals surface area contributed by atoms with Gasteiger partial charge in [-0.25, -0.2) is 4.39 Å². The Morgan fingerprint density at radius 1 is 1.25 bits per heavy atom. The van der Waals surface area contributed by atoms with Crippen molar-refractivity contribution >= 4 is 0 Å². The van der Waals surface area contributed by atoms with Gasteiger partial charge < -0.3 is 10.1 Å². The van der Waals surface area contributed by atoms with Crippen LogP contribution in [0.25, 0.3) is 0 Å². The maximum Gasteiger partial charge on any atom is 0.416 e. The second kappa shape index (κ2) is 5.99. The number of hydrogen-bond acceptors (Lipinski definition) is 2. The normalized spacial score (nSPS) is 18.9. The first kappa shape index (κ1) is 15.1. The molecule has 1 saturated heterocycles. The maximum atomic E-state index is 13.7. The van der Waals surface area contributed by atoms with Crippen LogP contribution in [0.2, 0.25) is 0 Å². The zero-order chi connectivity index (χ0) is 14.8. The summed E-state index contributed by atoms with van der Waals surface area (Å²) in [7, 11) is 0. The van der Waals surface area contributed by atoms with Gasteiger partial charge in [-0.1, -0.05) is 0 Å². The summed E-state index contributed by atoms with van der Waals surface area (Å²) in [6, 6.07) is 2.37. The Hall–Kier alpha value is -1.30. The Morgan fingerprint density at radius 2 is 1.90 bits per heavy atom. The Balaban J connectivity index is 2.05. The summed E-state index contributed by atoms with van der Waals surface area (Å²) >= 11 is 0. The highest BCUT2D eigenvalue weighted by molar-refractivity contribution is 5.31. The van der Waals surface area contributed by atoms with E-state index >= 15 is 0 Å². The van der Waals surface area contributed by atoms with Gasteiger partial charge in [0.05, 0.1) is 11.7 Å². The van der Waals surface area contributed by atoms with Crippen LogP contribution in [-0.4, -0.2) is 19.2 Å². The average Bonchev–Trinajstić information content (AvgIpc) is 2.41. The van der Waals surface area contributed by atoms with Crippen LogP contribution in [0, 0.1) is 11.7 Å². The first-order chi connectivity index (χ1) is 9.38. The number of alkyl halides is 3. The number of hydrogen-bond donors (Lipinski definition) is 1. The molecular weight excluding hydrogens is 274 g/mol. The van der Waals surface area contributed by atoms with Crippen molar-refractivity contribution in [3.63, 3.8) is 0 Å². The van der Waals surface area contributed by atoms with E-state index in [-0.39, 0.29) is 17.8 Å². The molecule has 2 nitrogen and oxygen atoms in total. The molecule has 0 saturated carbocycles. The van der Waals surface area contributed by atoms with Crippen molar-refractivity contribution < 1.29 is 22.3 Å². The number of halogens is 4. The predicted molar refractivity (Wildman–Crippen MR) is 67.1 cm³/mol.